The fourth-order valence-corrected chi connectivity index (χ4v) is 2.09. The Hall–Kier alpha value is -2.75. The first-order chi connectivity index (χ1) is 11.9. The van der Waals surface area contributed by atoms with Gasteiger partial charge in [-0.3, -0.25) is 20.4 Å². The first kappa shape index (κ1) is 18.6. The van der Waals surface area contributed by atoms with Crippen molar-refractivity contribution < 1.29 is 14.3 Å². The Morgan fingerprint density at radius 3 is 2.36 bits per heavy atom. The molecule has 0 saturated heterocycles. The Morgan fingerprint density at radius 2 is 1.76 bits per heavy atom. The largest absolute Gasteiger partial charge is 0.481 e. The van der Waals surface area contributed by atoms with Crippen molar-refractivity contribution in [3.05, 3.63) is 63.6 Å². The van der Waals surface area contributed by atoms with Gasteiger partial charge >= 0.3 is 0 Å². The highest BCUT2D eigenvalue weighted by atomic mass is 35.5. The highest BCUT2D eigenvalue weighted by Gasteiger charge is 2.16. The van der Waals surface area contributed by atoms with Crippen LogP contribution in [0.1, 0.15) is 22.8 Å². The molecule has 0 spiro atoms. The standard InChI is InChI=1S/C17H13Cl2N3O3/c1-10(25-13-5-2-11(9-20)3-6-13)16(23)21-22-17(24)12-4-7-14(18)15(19)8-12/h2-8,10H,1H3,(H,21,23)(H,22,24)/t10-/m1/s1. The minimum atomic E-state index is -0.859. The van der Waals surface area contributed by atoms with Gasteiger partial charge in [0.2, 0.25) is 0 Å². The lowest BCUT2D eigenvalue weighted by molar-refractivity contribution is -0.128. The Bertz CT molecular complexity index is 832. The maximum atomic E-state index is 12.0. The monoisotopic (exact) mass is 377 g/mol. The average molecular weight is 378 g/mol. The fourth-order valence-electron chi connectivity index (χ4n) is 1.80. The Kier molecular flexibility index (Phi) is 6.23. The highest BCUT2D eigenvalue weighted by molar-refractivity contribution is 6.42. The van der Waals surface area contributed by atoms with Crippen LogP contribution in [0.4, 0.5) is 0 Å². The van der Waals surface area contributed by atoms with E-state index in [2.05, 4.69) is 10.9 Å². The van der Waals surface area contributed by atoms with E-state index >= 15 is 0 Å². The lowest BCUT2D eigenvalue weighted by atomic mass is 10.2. The van der Waals surface area contributed by atoms with E-state index in [0.29, 0.717) is 16.3 Å². The van der Waals surface area contributed by atoms with Gasteiger partial charge in [-0.05, 0) is 49.4 Å². The zero-order valence-corrected chi connectivity index (χ0v) is 14.6. The molecule has 128 valence electrons. The van der Waals surface area contributed by atoms with Crippen molar-refractivity contribution in [1.82, 2.24) is 10.9 Å². The highest BCUT2D eigenvalue weighted by Crippen LogP contribution is 2.22. The van der Waals surface area contributed by atoms with Crippen molar-refractivity contribution in [1.29, 1.82) is 5.26 Å². The van der Waals surface area contributed by atoms with E-state index in [1.54, 1.807) is 24.3 Å². The molecular formula is C17H13Cl2N3O3. The van der Waals surface area contributed by atoms with Crippen LogP contribution in [0, 0.1) is 11.3 Å². The van der Waals surface area contributed by atoms with Gasteiger partial charge in [-0.15, -0.1) is 0 Å². The number of hydrazine groups is 1. The van der Waals surface area contributed by atoms with E-state index in [0.717, 1.165) is 0 Å². The molecule has 25 heavy (non-hydrogen) atoms. The van der Waals surface area contributed by atoms with Crippen molar-refractivity contribution in [2.75, 3.05) is 0 Å². The van der Waals surface area contributed by atoms with Gasteiger partial charge in [0.05, 0.1) is 21.7 Å². The lowest BCUT2D eigenvalue weighted by Gasteiger charge is -2.15. The summed E-state index contributed by atoms with van der Waals surface area (Å²) < 4.78 is 5.44. The zero-order chi connectivity index (χ0) is 18.4. The molecule has 0 aliphatic rings. The third-order valence-corrected chi connectivity index (χ3v) is 3.89. The number of amides is 2. The molecular weight excluding hydrogens is 365 g/mol. The lowest BCUT2D eigenvalue weighted by Crippen LogP contribution is -2.47. The van der Waals surface area contributed by atoms with Crippen LogP contribution in [0.25, 0.3) is 0 Å². The molecule has 0 aliphatic carbocycles. The van der Waals surface area contributed by atoms with Crippen LogP contribution in [-0.4, -0.2) is 17.9 Å². The number of benzene rings is 2. The smallest absolute Gasteiger partial charge is 0.279 e. The SMILES string of the molecule is C[C@@H](Oc1ccc(C#N)cc1)C(=O)NNC(=O)c1ccc(Cl)c(Cl)c1. The molecule has 0 saturated carbocycles. The summed E-state index contributed by atoms with van der Waals surface area (Å²) in [5.74, 6) is -0.660. The molecule has 0 unspecified atom stereocenters. The summed E-state index contributed by atoms with van der Waals surface area (Å²) in [5, 5.41) is 9.30. The number of hydrogen-bond acceptors (Lipinski definition) is 4. The van der Waals surface area contributed by atoms with E-state index in [1.807, 2.05) is 6.07 Å². The van der Waals surface area contributed by atoms with E-state index in [9.17, 15) is 9.59 Å². The fraction of sp³-hybridized carbons (Fsp3) is 0.118. The number of ether oxygens (including phenoxy) is 1. The topological polar surface area (TPSA) is 91.2 Å². The second-order valence-corrected chi connectivity index (χ2v) is 5.78. The molecule has 2 N–H and O–H groups in total. The van der Waals surface area contributed by atoms with Crippen LogP contribution >= 0.6 is 23.2 Å². The van der Waals surface area contributed by atoms with E-state index in [-0.39, 0.29) is 10.6 Å². The average Bonchev–Trinajstić information content (AvgIpc) is 2.62. The molecule has 8 heteroatoms. The molecule has 1 atom stereocenters. The van der Waals surface area contributed by atoms with Crippen LogP contribution in [0.15, 0.2) is 42.5 Å². The minimum absolute atomic E-state index is 0.234. The predicted molar refractivity (Wildman–Crippen MR) is 93.3 cm³/mol. The van der Waals surface area contributed by atoms with Gasteiger partial charge in [-0.2, -0.15) is 5.26 Å². The second-order valence-electron chi connectivity index (χ2n) is 4.97. The predicted octanol–water partition coefficient (Wildman–Crippen LogP) is 3.09. The van der Waals surface area contributed by atoms with Gasteiger partial charge in [-0.1, -0.05) is 23.2 Å². The van der Waals surface area contributed by atoms with Gasteiger partial charge in [-0.25, -0.2) is 0 Å². The molecule has 2 aromatic rings. The summed E-state index contributed by atoms with van der Waals surface area (Å²) in [6, 6.07) is 12.6. The maximum absolute atomic E-state index is 12.0. The van der Waals surface area contributed by atoms with Crippen molar-refractivity contribution in [2.24, 2.45) is 0 Å². The minimum Gasteiger partial charge on any atom is -0.481 e. The molecule has 0 aromatic heterocycles. The van der Waals surface area contributed by atoms with Gasteiger partial charge < -0.3 is 4.74 Å². The van der Waals surface area contributed by atoms with Gasteiger partial charge in [0.25, 0.3) is 11.8 Å². The molecule has 0 fully saturated rings. The Morgan fingerprint density at radius 1 is 1.08 bits per heavy atom. The second kappa shape index (κ2) is 8.38. The van der Waals surface area contributed by atoms with Crippen LogP contribution in [0.2, 0.25) is 10.0 Å². The number of nitrogens with zero attached hydrogens (tertiary/aromatic N) is 1. The summed E-state index contributed by atoms with van der Waals surface area (Å²) in [5.41, 5.74) is 5.26. The number of carbonyl (C=O) groups is 2. The first-order valence-corrected chi connectivity index (χ1v) is 7.88. The number of rotatable bonds is 4. The Labute approximate surface area is 154 Å². The van der Waals surface area contributed by atoms with E-state index < -0.39 is 17.9 Å². The zero-order valence-electron chi connectivity index (χ0n) is 13.0. The quantitative estimate of drug-likeness (QED) is 0.800. The van der Waals surface area contributed by atoms with Crippen molar-refractivity contribution in [2.45, 2.75) is 13.0 Å². The molecule has 0 heterocycles. The van der Waals surface area contributed by atoms with Crippen molar-refractivity contribution in [3.8, 4) is 11.8 Å². The summed E-state index contributed by atoms with van der Waals surface area (Å²) in [6.07, 6.45) is -0.859. The summed E-state index contributed by atoms with van der Waals surface area (Å²) in [7, 11) is 0. The summed E-state index contributed by atoms with van der Waals surface area (Å²) in [6.45, 7) is 1.53. The van der Waals surface area contributed by atoms with Crippen molar-refractivity contribution >= 4 is 35.0 Å². The summed E-state index contributed by atoms with van der Waals surface area (Å²) in [4.78, 5) is 23.9. The number of nitrogens with one attached hydrogen (secondary N) is 2. The molecule has 6 nitrogen and oxygen atoms in total. The van der Waals surface area contributed by atoms with Gasteiger partial charge in [0, 0.05) is 5.56 Å². The number of hydrogen-bond donors (Lipinski definition) is 2. The van der Waals surface area contributed by atoms with E-state index in [4.69, 9.17) is 33.2 Å². The first-order valence-electron chi connectivity index (χ1n) is 7.13. The van der Waals surface area contributed by atoms with Crippen LogP contribution in [0.3, 0.4) is 0 Å². The van der Waals surface area contributed by atoms with Gasteiger partial charge in [0.15, 0.2) is 6.10 Å². The van der Waals surface area contributed by atoms with Crippen LogP contribution < -0.4 is 15.6 Å². The van der Waals surface area contributed by atoms with Crippen LogP contribution in [-0.2, 0) is 4.79 Å². The molecule has 0 aliphatic heterocycles. The third kappa shape index (κ3) is 5.11. The van der Waals surface area contributed by atoms with E-state index in [1.165, 1.54) is 25.1 Å². The van der Waals surface area contributed by atoms with Crippen LogP contribution in [0.5, 0.6) is 5.75 Å². The van der Waals surface area contributed by atoms with Gasteiger partial charge in [0.1, 0.15) is 5.75 Å². The molecule has 0 radical (unpaired) electrons. The van der Waals surface area contributed by atoms with Crippen molar-refractivity contribution in [3.63, 3.8) is 0 Å². The normalized spacial score (nSPS) is 11.1. The number of halogens is 2. The number of nitriles is 1. The Balaban J connectivity index is 1.88. The third-order valence-electron chi connectivity index (χ3n) is 3.15. The molecule has 2 amide bonds. The molecule has 2 aromatic carbocycles. The molecule has 0 bridgehead atoms. The maximum Gasteiger partial charge on any atom is 0.279 e. The number of carbonyl (C=O) groups excluding carboxylic acids is 2. The summed E-state index contributed by atoms with van der Waals surface area (Å²) >= 11 is 11.6. The molecule has 2 rings (SSSR count).